The minimum absolute atomic E-state index is 0.103. The van der Waals surface area contributed by atoms with Gasteiger partial charge in [0.05, 0.1) is 5.69 Å². The Morgan fingerprint density at radius 3 is 2.46 bits per heavy atom. The third kappa shape index (κ3) is 2.97. The summed E-state index contributed by atoms with van der Waals surface area (Å²) in [5.41, 5.74) is 1.97. The van der Waals surface area contributed by atoms with Crippen molar-refractivity contribution in [3.8, 4) is 0 Å². The molecule has 0 unspecified atom stereocenters. The second-order valence-corrected chi connectivity index (χ2v) is 6.76. The van der Waals surface area contributed by atoms with Crippen LogP contribution >= 0.6 is 11.6 Å². The molecule has 0 saturated carbocycles. The van der Waals surface area contributed by atoms with Crippen LogP contribution in [0.3, 0.4) is 0 Å². The van der Waals surface area contributed by atoms with E-state index in [1.807, 2.05) is 42.0 Å². The highest BCUT2D eigenvalue weighted by Gasteiger charge is 2.36. The molecule has 1 aliphatic heterocycles. The quantitative estimate of drug-likeness (QED) is 0.540. The van der Waals surface area contributed by atoms with Gasteiger partial charge in [0.25, 0.3) is 11.8 Å². The van der Waals surface area contributed by atoms with Gasteiger partial charge in [-0.15, -0.1) is 0 Å². The fourth-order valence-corrected chi connectivity index (χ4v) is 3.42. The maximum atomic E-state index is 13.0. The highest BCUT2D eigenvalue weighted by molar-refractivity contribution is 6.39. The molecule has 2 heterocycles. The number of carbonyl (C=O) groups excluding carboxylic acids is 3. The van der Waals surface area contributed by atoms with Crippen molar-refractivity contribution in [3.05, 3.63) is 70.9 Å². The van der Waals surface area contributed by atoms with Gasteiger partial charge in [0.15, 0.2) is 0 Å². The first-order valence-electron chi connectivity index (χ1n) is 8.74. The van der Waals surface area contributed by atoms with E-state index in [2.05, 4.69) is 5.32 Å². The summed E-state index contributed by atoms with van der Waals surface area (Å²) in [7, 11) is 0. The Labute approximate surface area is 166 Å². The molecule has 0 atom stereocenters. The van der Waals surface area contributed by atoms with Crippen LogP contribution in [0, 0.1) is 0 Å². The lowest BCUT2D eigenvalue weighted by Crippen LogP contribution is -2.54. The van der Waals surface area contributed by atoms with Gasteiger partial charge in [0.2, 0.25) is 0 Å². The lowest BCUT2D eigenvalue weighted by molar-refractivity contribution is -0.122. The van der Waals surface area contributed by atoms with Crippen molar-refractivity contribution in [1.82, 2.24) is 9.88 Å². The summed E-state index contributed by atoms with van der Waals surface area (Å²) in [5, 5.41) is 3.63. The van der Waals surface area contributed by atoms with Crippen LogP contribution in [0.15, 0.2) is 60.3 Å². The van der Waals surface area contributed by atoms with E-state index >= 15 is 0 Å². The third-order valence-electron chi connectivity index (χ3n) is 4.65. The first-order valence-corrected chi connectivity index (χ1v) is 9.12. The Morgan fingerprint density at radius 1 is 1.04 bits per heavy atom. The van der Waals surface area contributed by atoms with Gasteiger partial charge in [-0.1, -0.05) is 29.8 Å². The molecule has 0 aliphatic carbocycles. The number of benzene rings is 2. The van der Waals surface area contributed by atoms with Crippen molar-refractivity contribution < 1.29 is 14.4 Å². The van der Waals surface area contributed by atoms with Gasteiger partial charge in [0.1, 0.15) is 5.57 Å². The minimum Gasteiger partial charge on any atom is -0.347 e. The Bertz CT molecular complexity index is 1150. The average molecular weight is 394 g/mol. The van der Waals surface area contributed by atoms with E-state index in [-0.39, 0.29) is 5.57 Å². The number of hydrogen-bond acceptors (Lipinski definition) is 3. The molecule has 0 radical (unpaired) electrons. The molecule has 0 spiro atoms. The van der Waals surface area contributed by atoms with Gasteiger partial charge in [-0.05, 0) is 43.3 Å². The Balaban J connectivity index is 1.80. The van der Waals surface area contributed by atoms with Gasteiger partial charge >= 0.3 is 6.03 Å². The molecular weight excluding hydrogens is 378 g/mol. The predicted octanol–water partition coefficient (Wildman–Crippen LogP) is 3.98. The average Bonchev–Trinajstić information content (AvgIpc) is 3.04. The standard InChI is InChI=1S/C21H16ClN3O3/c1-2-24-12-13(16-5-3-4-6-18(16)24)11-17-19(26)23-21(28)25(20(17)27)15-9-7-14(22)8-10-15/h3-12H,2H2,1H3,(H,23,26,28). The maximum absolute atomic E-state index is 13.0. The van der Waals surface area contributed by atoms with Gasteiger partial charge in [0, 0.05) is 34.2 Å². The molecule has 1 N–H and O–H groups in total. The molecule has 6 nitrogen and oxygen atoms in total. The fraction of sp³-hybridized carbons (Fsp3) is 0.0952. The van der Waals surface area contributed by atoms with Crippen molar-refractivity contribution in [2.24, 2.45) is 0 Å². The van der Waals surface area contributed by atoms with Crippen LogP contribution in [0.4, 0.5) is 10.5 Å². The van der Waals surface area contributed by atoms with Crippen molar-refractivity contribution in [1.29, 1.82) is 0 Å². The van der Waals surface area contributed by atoms with Gasteiger partial charge in [-0.25, -0.2) is 9.69 Å². The number of nitrogens with one attached hydrogen (secondary N) is 1. The zero-order valence-electron chi connectivity index (χ0n) is 15.0. The molecular formula is C21H16ClN3O3. The smallest absolute Gasteiger partial charge is 0.335 e. The molecule has 4 amide bonds. The topological polar surface area (TPSA) is 71.4 Å². The van der Waals surface area contributed by atoms with E-state index < -0.39 is 17.8 Å². The van der Waals surface area contributed by atoms with Crippen LogP contribution in [0.2, 0.25) is 5.02 Å². The van der Waals surface area contributed by atoms with Crippen LogP contribution in [-0.4, -0.2) is 22.4 Å². The maximum Gasteiger partial charge on any atom is 0.335 e. The zero-order valence-corrected chi connectivity index (χ0v) is 15.7. The summed E-state index contributed by atoms with van der Waals surface area (Å²) in [6.45, 7) is 2.77. The van der Waals surface area contributed by atoms with Crippen LogP contribution < -0.4 is 10.2 Å². The summed E-state index contributed by atoms with van der Waals surface area (Å²) in [6.07, 6.45) is 3.42. The first kappa shape index (κ1) is 18.0. The van der Waals surface area contributed by atoms with Crippen LogP contribution in [0.5, 0.6) is 0 Å². The second-order valence-electron chi connectivity index (χ2n) is 6.32. The highest BCUT2D eigenvalue weighted by atomic mass is 35.5. The number of aromatic nitrogens is 1. The monoisotopic (exact) mass is 393 g/mol. The van der Waals surface area contributed by atoms with E-state index in [0.717, 1.165) is 27.9 Å². The lowest BCUT2D eigenvalue weighted by atomic mass is 10.1. The molecule has 28 heavy (non-hydrogen) atoms. The summed E-state index contributed by atoms with van der Waals surface area (Å²) >= 11 is 5.88. The number of aryl methyl sites for hydroxylation is 1. The largest absolute Gasteiger partial charge is 0.347 e. The summed E-state index contributed by atoms with van der Waals surface area (Å²) < 4.78 is 2.04. The molecule has 4 rings (SSSR count). The number of imide groups is 2. The minimum atomic E-state index is -0.787. The van der Waals surface area contributed by atoms with E-state index in [9.17, 15) is 14.4 Å². The Morgan fingerprint density at radius 2 is 1.75 bits per heavy atom. The van der Waals surface area contributed by atoms with Crippen LogP contribution in [-0.2, 0) is 16.1 Å². The van der Waals surface area contributed by atoms with E-state index in [0.29, 0.717) is 10.7 Å². The molecule has 1 aliphatic rings. The molecule has 2 aromatic carbocycles. The second kappa shape index (κ2) is 6.98. The molecule has 0 bridgehead atoms. The van der Waals surface area contributed by atoms with Crippen LogP contribution in [0.1, 0.15) is 12.5 Å². The zero-order chi connectivity index (χ0) is 19.8. The molecule has 7 heteroatoms. The number of halogens is 1. The third-order valence-corrected chi connectivity index (χ3v) is 4.90. The van der Waals surface area contributed by atoms with Crippen molar-refractivity contribution in [2.45, 2.75) is 13.5 Å². The predicted molar refractivity (Wildman–Crippen MR) is 108 cm³/mol. The van der Waals surface area contributed by atoms with Gasteiger partial charge in [-0.2, -0.15) is 0 Å². The number of hydrogen-bond donors (Lipinski definition) is 1. The number of carbonyl (C=O) groups is 3. The van der Waals surface area contributed by atoms with Crippen molar-refractivity contribution in [3.63, 3.8) is 0 Å². The summed E-state index contributed by atoms with van der Waals surface area (Å²) in [4.78, 5) is 38.6. The van der Waals surface area contributed by atoms with Crippen molar-refractivity contribution >= 4 is 52.1 Å². The number of anilines is 1. The number of barbiturate groups is 1. The number of amides is 4. The normalized spacial score (nSPS) is 16.1. The molecule has 3 aromatic rings. The van der Waals surface area contributed by atoms with Gasteiger partial charge in [-0.3, -0.25) is 14.9 Å². The highest BCUT2D eigenvalue weighted by Crippen LogP contribution is 2.27. The first-order chi connectivity index (χ1) is 13.5. The van der Waals surface area contributed by atoms with E-state index in [1.165, 1.54) is 6.08 Å². The lowest BCUT2D eigenvalue weighted by Gasteiger charge is -2.26. The number of para-hydroxylation sites is 1. The molecule has 1 aromatic heterocycles. The summed E-state index contributed by atoms with van der Waals surface area (Å²) in [6, 6.07) is 13.2. The van der Waals surface area contributed by atoms with E-state index in [1.54, 1.807) is 24.3 Å². The molecule has 1 saturated heterocycles. The number of fused-ring (bicyclic) bond motifs is 1. The summed E-state index contributed by atoms with van der Waals surface area (Å²) in [5.74, 6) is -1.39. The number of urea groups is 1. The Kier molecular flexibility index (Phi) is 4.49. The van der Waals surface area contributed by atoms with E-state index in [4.69, 9.17) is 11.6 Å². The van der Waals surface area contributed by atoms with Gasteiger partial charge < -0.3 is 4.57 Å². The molecule has 140 valence electrons. The van der Waals surface area contributed by atoms with Crippen LogP contribution in [0.25, 0.3) is 17.0 Å². The fourth-order valence-electron chi connectivity index (χ4n) is 3.29. The number of nitrogens with zero attached hydrogens (tertiary/aromatic N) is 2. The Hall–Kier alpha value is -3.38. The van der Waals surface area contributed by atoms with Crippen molar-refractivity contribution in [2.75, 3.05) is 4.90 Å². The number of rotatable bonds is 3. The molecule has 1 fully saturated rings. The SMILES string of the molecule is CCn1cc(C=C2C(=O)NC(=O)N(c3ccc(Cl)cc3)C2=O)c2ccccc21.